The molecule has 1 N–H and O–H groups in total. The number of nitrogens with zero attached hydrogens (tertiary/aromatic N) is 6. The zero-order valence-corrected chi connectivity index (χ0v) is 14.3. The van der Waals surface area contributed by atoms with E-state index in [1.807, 2.05) is 31.2 Å². The van der Waals surface area contributed by atoms with Crippen LogP contribution in [0.5, 0.6) is 0 Å². The van der Waals surface area contributed by atoms with Crippen molar-refractivity contribution in [2.24, 2.45) is 0 Å². The van der Waals surface area contributed by atoms with Crippen molar-refractivity contribution in [3.8, 4) is 0 Å². The summed E-state index contributed by atoms with van der Waals surface area (Å²) in [5.74, 6) is -0.253. The van der Waals surface area contributed by atoms with Crippen molar-refractivity contribution < 1.29 is 9.72 Å². The fourth-order valence-electron chi connectivity index (χ4n) is 2.50. The number of benzene rings is 1. The van der Waals surface area contributed by atoms with Gasteiger partial charge in [-0.1, -0.05) is 29.8 Å². The highest BCUT2D eigenvalue weighted by Gasteiger charge is 2.17. The molecule has 2 aromatic heterocycles. The maximum atomic E-state index is 12.1. The first kappa shape index (κ1) is 17.3. The van der Waals surface area contributed by atoms with Crippen LogP contribution < -0.4 is 5.32 Å². The summed E-state index contributed by atoms with van der Waals surface area (Å²) in [5.41, 5.74) is 2.36. The third-order valence-corrected chi connectivity index (χ3v) is 3.64. The first-order valence-electron chi connectivity index (χ1n) is 7.84. The van der Waals surface area contributed by atoms with Crippen LogP contribution in [0, 0.1) is 24.0 Å². The molecule has 0 radical (unpaired) electrons. The summed E-state index contributed by atoms with van der Waals surface area (Å²) in [4.78, 5) is 26.4. The fraction of sp³-hybridized carbons (Fsp3) is 0.250. The van der Waals surface area contributed by atoms with E-state index in [1.165, 1.54) is 24.1 Å². The van der Waals surface area contributed by atoms with Gasteiger partial charge < -0.3 is 0 Å². The third kappa shape index (κ3) is 4.09. The van der Waals surface area contributed by atoms with Gasteiger partial charge >= 0.3 is 5.69 Å². The molecule has 0 aliphatic carbocycles. The molecule has 0 fully saturated rings. The van der Waals surface area contributed by atoms with E-state index in [0.717, 1.165) is 11.1 Å². The van der Waals surface area contributed by atoms with Gasteiger partial charge in [0.05, 0.1) is 11.5 Å². The molecule has 10 nitrogen and oxygen atoms in total. The zero-order valence-electron chi connectivity index (χ0n) is 14.3. The van der Waals surface area contributed by atoms with Gasteiger partial charge in [-0.2, -0.15) is 5.10 Å². The molecule has 1 amide bonds. The molecule has 0 saturated heterocycles. The Morgan fingerprint density at radius 1 is 1.27 bits per heavy atom. The van der Waals surface area contributed by atoms with Gasteiger partial charge in [-0.15, -0.1) is 5.10 Å². The van der Waals surface area contributed by atoms with E-state index in [1.54, 1.807) is 4.68 Å². The van der Waals surface area contributed by atoms with Gasteiger partial charge in [0.1, 0.15) is 24.8 Å². The summed E-state index contributed by atoms with van der Waals surface area (Å²) in [7, 11) is 0. The van der Waals surface area contributed by atoms with Crippen LogP contribution in [-0.4, -0.2) is 35.4 Å². The Bertz CT molecular complexity index is 960. The minimum atomic E-state index is -0.536. The van der Waals surface area contributed by atoms with Crippen molar-refractivity contribution in [3.63, 3.8) is 0 Å². The SMILES string of the molecule is Cc1cccc(Cn2cnc(NC(=O)Cn3cc([N+](=O)[O-])c(C)n3)n2)c1. The van der Waals surface area contributed by atoms with Crippen LogP contribution in [-0.2, 0) is 17.9 Å². The van der Waals surface area contributed by atoms with Crippen LogP contribution in [0.25, 0.3) is 0 Å². The first-order valence-corrected chi connectivity index (χ1v) is 7.84. The molecule has 0 aliphatic heterocycles. The average Bonchev–Trinajstić information content (AvgIpc) is 3.13. The number of nitro groups is 1. The van der Waals surface area contributed by atoms with Crippen molar-refractivity contribution in [1.29, 1.82) is 0 Å². The molecule has 0 spiro atoms. The Labute approximate surface area is 148 Å². The van der Waals surface area contributed by atoms with Gasteiger partial charge in [0.2, 0.25) is 11.9 Å². The van der Waals surface area contributed by atoms with Crippen LogP contribution in [0.3, 0.4) is 0 Å². The van der Waals surface area contributed by atoms with Crippen LogP contribution in [0.4, 0.5) is 11.6 Å². The lowest BCUT2D eigenvalue weighted by molar-refractivity contribution is -0.385. The van der Waals surface area contributed by atoms with E-state index in [-0.39, 0.29) is 23.9 Å². The Hall–Kier alpha value is -3.56. The van der Waals surface area contributed by atoms with Gasteiger partial charge in [-0.05, 0) is 19.4 Å². The lowest BCUT2D eigenvalue weighted by Gasteiger charge is -2.03. The molecule has 0 unspecified atom stereocenters. The Balaban J connectivity index is 1.61. The number of hydrogen-bond acceptors (Lipinski definition) is 6. The molecule has 134 valence electrons. The topological polar surface area (TPSA) is 121 Å². The average molecular weight is 355 g/mol. The predicted molar refractivity (Wildman–Crippen MR) is 92.6 cm³/mol. The Morgan fingerprint density at radius 2 is 2.08 bits per heavy atom. The van der Waals surface area contributed by atoms with Gasteiger partial charge in [0.15, 0.2) is 0 Å². The molecule has 0 atom stereocenters. The standard InChI is InChI=1S/C16H17N7O3/c1-11-4-3-5-13(6-11)7-22-10-17-16(20-22)18-15(24)9-21-8-14(23(25)26)12(2)19-21/h3-6,8,10H,7,9H2,1-2H3,(H,18,20,24). The monoisotopic (exact) mass is 355 g/mol. The van der Waals surface area contributed by atoms with Crippen molar-refractivity contribution in [1.82, 2.24) is 24.5 Å². The van der Waals surface area contributed by atoms with Gasteiger partial charge in [-0.25, -0.2) is 9.67 Å². The predicted octanol–water partition coefficient (Wildman–Crippen LogP) is 1.69. The quantitative estimate of drug-likeness (QED) is 0.530. The van der Waals surface area contributed by atoms with Crippen LogP contribution in [0.2, 0.25) is 0 Å². The van der Waals surface area contributed by atoms with Crippen molar-refractivity contribution in [3.05, 3.63) is 63.7 Å². The van der Waals surface area contributed by atoms with Crippen LogP contribution in [0.1, 0.15) is 16.8 Å². The number of hydrogen-bond donors (Lipinski definition) is 1. The highest BCUT2D eigenvalue weighted by molar-refractivity contribution is 5.88. The Morgan fingerprint density at radius 3 is 2.77 bits per heavy atom. The maximum Gasteiger partial charge on any atom is 0.309 e. The largest absolute Gasteiger partial charge is 0.309 e. The number of rotatable bonds is 6. The molecule has 2 heterocycles. The normalized spacial score (nSPS) is 10.7. The van der Waals surface area contributed by atoms with Gasteiger partial charge in [-0.3, -0.25) is 24.9 Å². The van der Waals surface area contributed by atoms with Crippen molar-refractivity contribution in [2.45, 2.75) is 26.9 Å². The van der Waals surface area contributed by atoms with E-state index in [0.29, 0.717) is 6.54 Å². The smallest absolute Gasteiger partial charge is 0.292 e. The molecule has 0 saturated carbocycles. The van der Waals surface area contributed by atoms with Crippen LogP contribution in [0.15, 0.2) is 36.8 Å². The van der Waals surface area contributed by atoms with Crippen molar-refractivity contribution in [2.75, 3.05) is 5.32 Å². The minimum absolute atomic E-state index is 0.127. The summed E-state index contributed by atoms with van der Waals surface area (Å²) in [6.07, 6.45) is 2.75. The minimum Gasteiger partial charge on any atom is -0.292 e. The van der Waals surface area contributed by atoms with Crippen LogP contribution >= 0.6 is 0 Å². The lowest BCUT2D eigenvalue weighted by atomic mass is 10.1. The van der Waals surface area contributed by atoms with Gasteiger partial charge in [0, 0.05) is 0 Å². The first-order chi connectivity index (χ1) is 12.4. The number of amides is 1. The second-order valence-electron chi connectivity index (χ2n) is 5.86. The number of carbonyl (C=O) groups is 1. The molecule has 1 aromatic carbocycles. The second-order valence-corrected chi connectivity index (χ2v) is 5.86. The molecular weight excluding hydrogens is 338 g/mol. The van der Waals surface area contributed by atoms with E-state index in [4.69, 9.17) is 0 Å². The fourth-order valence-corrected chi connectivity index (χ4v) is 2.50. The molecule has 3 rings (SSSR count). The molecule has 3 aromatic rings. The van der Waals surface area contributed by atoms with Gasteiger partial charge in [0.25, 0.3) is 0 Å². The summed E-state index contributed by atoms with van der Waals surface area (Å²) in [6, 6.07) is 8.01. The van der Waals surface area contributed by atoms with Crippen molar-refractivity contribution >= 4 is 17.5 Å². The number of aromatic nitrogens is 5. The number of carbonyl (C=O) groups excluding carboxylic acids is 1. The van der Waals surface area contributed by atoms with E-state index < -0.39 is 10.8 Å². The number of aryl methyl sites for hydroxylation is 2. The third-order valence-electron chi connectivity index (χ3n) is 3.64. The number of anilines is 1. The summed E-state index contributed by atoms with van der Waals surface area (Å²) in [5, 5.41) is 21.5. The molecule has 26 heavy (non-hydrogen) atoms. The highest BCUT2D eigenvalue weighted by atomic mass is 16.6. The van der Waals surface area contributed by atoms with E-state index in [2.05, 4.69) is 20.5 Å². The zero-order chi connectivity index (χ0) is 18.7. The lowest BCUT2D eigenvalue weighted by Crippen LogP contribution is -2.20. The second kappa shape index (κ2) is 7.13. The molecule has 0 bridgehead atoms. The molecular formula is C16H17N7O3. The highest BCUT2D eigenvalue weighted by Crippen LogP contribution is 2.15. The van der Waals surface area contributed by atoms with E-state index in [9.17, 15) is 14.9 Å². The summed E-state index contributed by atoms with van der Waals surface area (Å²) in [6.45, 7) is 3.90. The maximum absolute atomic E-state index is 12.1. The molecule has 0 aliphatic rings. The summed E-state index contributed by atoms with van der Waals surface area (Å²) < 4.78 is 2.83. The van der Waals surface area contributed by atoms with E-state index >= 15 is 0 Å². The summed E-state index contributed by atoms with van der Waals surface area (Å²) >= 11 is 0. The Kier molecular flexibility index (Phi) is 4.74. The molecule has 10 heteroatoms. The number of nitrogens with one attached hydrogen (secondary N) is 1.